The largest absolute Gasteiger partial charge is 0.398 e. The summed E-state index contributed by atoms with van der Waals surface area (Å²) in [6.45, 7) is 3.69. The molecule has 0 atom stereocenters. The van der Waals surface area contributed by atoms with E-state index in [1.165, 1.54) is 4.31 Å². The third kappa shape index (κ3) is 3.31. The van der Waals surface area contributed by atoms with Crippen molar-refractivity contribution in [2.75, 3.05) is 25.9 Å². The number of nitrogens with zero attached hydrogens (tertiary/aromatic N) is 2. The zero-order chi connectivity index (χ0) is 14.8. The normalized spacial score (nSPS) is 18.6. The fourth-order valence-corrected chi connectivity index (χ4v) is 3.78. The van der Waals surface area contributed by atoms with Crippen LogP contribution in [-0.4, -0.2) is 37.2 Å². The van der Waals surface area contributed by atoms with Gasteiger partial charge in [0.25, 0.3) is 10.2 Å². The second-order valence-corrected chi connectivity index (χ2v) is 7.58. The second kappa shape index (κ2) is 6.11. The maximum absolute atomic E-state index is 12.5. The highest BCUT2D eigenvalue weighted by atomic mass is 32.2. The molecule has 0 unspecified atom stereocenters. The number of hydrogen-bond acceptors (Lipinski definition) is 3. The van der Waals surface area contributed by atoms with Gasteiger partial charge in [0.1, 0.15) is 0 Å². The summed E-state index contributed by atoms with van der Waals surface area (Å²) in [5.41, 5.74) is 7.34. The molecule has 1 aromatic rings. The van der Waals surface area contributed by atoms with Crippen molar-refractivity contribution >= 4 is 15.9 Å². The van der Waals surface area contributed by atoms with Gasteiger partial charge in [0.05, 0.1) is 0 Å². The molecule has 1 aliphatic heterocycles. The lowest BCUT2D eigenvalue weighted by atomic mass is 10.0. The zero-order valence-electron chi connectivity index (χ0n) is 12.1. The molecule has 0 saturated carbocycles. The van der Waals surface area contributed by atoms with Gasteiger partial charge in [0.15, 0.2) is 0 Å². The quantitative estimate of drug-likeness (QED) is 0.860. The number of hydrogen-bond donors (Lipinski definition) is 1. The summed E-state index contributed by atoms with van der Waals surface area (Å²) in [7, 11) is -1.78. The predicted molar refractivity (Wildman–Crippen MR) is 81.2 cm³/mol. The lowest BCUT2D eigenvalue weighted by Gasteiger charge is -2.32. The third-order valence-electron chi connectivity index (χ3n) is 3.91. The summed E-state index contributed by atoms with van der Waals surface area (Å²) in [6, 6.07) is 7.37. The summed E-state index contributed by atoms with van der Waals surface area (Å²) < 4.78 is 28.0. The van der Waals surface area contributed by atoms with Gasteiger partial charge in [-0.3, -0.25) is 0 Å². The van der Waals surface area contributed by atoms with E-state index in [1.807, 2.05) is 18.2 Å². The van der Waals surface area contributed by atoms with E-state index in [-0.39, 0.29) is 0 Å². The van der Waals surface area contributed by atoms with Crippen molar-refractivity contribution in [1.82, 2.24) is 8.61 Å². The minimum atomic E-state index is -3.39. The summed E-state index contributed by atoms with van der Waals surface area (Å²) in [4.78, 5) is 0. The second-order valence-electron chi connectivity index (χ2n) is 5.54. The molecule has 6 heteroatoms. The fraction of sp³-hybridized carbons (Fsp3) is 0.571. The molecular formula is C14H23N3O2S. The Labute approximate surface area is 121 Å². The van der Waals surface area contributed by atoms with Crippen LogP contribution in [0.3, 0.4) is 0 Å². The monoisotopic (exact) mass is 297 g/mol. The molecule has 112 valence electrons. The van der Waals surface area contributed by atoms with Crippen LogP contribution < -0.4 is 5.73 Å². The first kappa shape index (κ1) is 15.3. The van der Waals surface area contributed by atoms with E-state index < -0.39 is 10.2 Å². The highest BCUT2D eigenvalue weighted by Crippen LogP contribution is 2.22. The first-order chi connectivity index (χ1) is 9.41. The molecule has 1 aliphatic rings. The van der Waals surface area contributed by atoms with Crippen molar-refractivity contribution < 1.29 is 8.42 Å². The molecular weight excluding hydrogens is 274 g/mol. The molecule has 0 bridgehead atoms. The molecule has 0 spiro atoms. The van der Waals surface area contributed by atoms with Crippen LogP contribution in [-0.2, 0) is 16.8 Å². The third-order valence-corrected chi connectivity index (χ3v) is 5.85. The van der Waals surface area contributed by atoms with Crippen LogP contribution in [0, 0.1) is 5.92 Å². The van der Waals surface area contributed by atoms with Gasteiger partial charge in [0, 0.05) is 32.4 Å². The molecule has 2 N–H and O–H groups in total. The van der Waals surface area contributed by atoms with Crippen LogP contribution in [0.25, 0.3) is 0 Å². The van der Waals surface area contributed by atoms with Gasteiger partial charge in [-0.25, -0.2) is 0 Å². The van der Waals surface area contributed by atoms with Gasteiger partial charge in [0.2, 0.25) is 0 Å². The van der Waals surface area contributed by atoms with Gasteiger partial charge in [-0.2, -0.15) is 17.0 Å². The number of benzene rings is 1. The SMILES string of the molecule is CC1CCN(S(=O)(=O)N(C)Cc2ccccc2N)CC1. The molecule has 1 aromatic carbocycles. The van der Waals surface area contributed by atoms with Gasteiger partial charge in [-0.05, 0) is 30.4 Å². The number of rotatable bonds is 4. The first-order valence-electron chi connectivity index (χ1n) is 6.96. The van der Waals surface area contributed by atoms with E-state index in [0.717, 1.165) is 18.4 Å². The van der Waals surface area contributed by atoms with Crippen molar-refractivity contribution in [3.8, 4) is 0 Å². The van der Waals surface area contributed by atoms with Crippen LogP contribution in [0.5, 0.6) is 0 Å². The standard InChI is InChI=1S/C14H23N3O2S/c1-12-7-9-17(10-8-12)20(18,19)16(2)11-13-5-3-4-6-14(13)15/h3-6,12H,7-11,15H2,1-2H3. The van der Waals surface area contributed by atoms with Crippen molar-refractivity contribution in [3.05, 3.63) is 29.8 Å². The highest BCUT2D eigenvalue weighted by Gasteiger charge is 2.30. The van der Waals surface area contributed by atoms with Crippen LogP contribution in [0.15, 0.2) is 24.3 Å². The Morgan fingerprint density at radius 3 is 2.50 bits per heavy atom. The Morgan fingerprint density at radius 1 is 1.30 bits per heavy atom. The van der Waals surface area contributed by atoms with Crippen molar-refractivity contribution in [2.24, 2.45) is 5.92 Å². The molecule has 0 amide bonds. The topological polar surface area (TPSA) is 66.6 Å². The van der Waals surface area contributed by atoms with Gasteiger partial charge in [-0.15, -0.1) is 0 Å². The van der Waals surface area contributed by atoms with E-state index in [1.54, 1.807) is 17.4 Å². The molecule has 20 heavy (non-hydrogen) atoms. The molecule has 1 fully saturated rings. The number of piperidine rings is 1. The maximum Gasteiger partial charge on any atom is 0.282 e. The van der Waals surface area contributed by atoms with Crippen molar-refractivity contribution in [1.29, 1.82) is 0 Å². The van der Waals surface area contributed by atoms with E-state index >= 15 is 0 Å². The van der Waals surface area contributed by atoms with E-state index in [0.29, 0.717) is 31.2 Å². The Hall–Kier alpha value is -1.11. The molecule has 5 nitrogen and oxygen atoms in total. The maximum atomic E-state index is 12.5. The zero-order valence-corrected chi connectivity index (χ0v) is 12.9. The van der Waals surface area contributed by atoms with Crippen molar-refractivity contribution in [2.45, 2.75) is 26.3 Å². The summed E-state index contributed by atoms with van der Waals surface area (Å²) in [6.07, 6.45) is 1.86. The Balaban J connectivity index is 2.08. The molecule has 0 aromatic heterocycles. The number of para-hydroxylation sites is 1. The average Bonchev–Trinajstić information content (AvgIpc) is 2.41. The molecule has 0 aliphatic carbocycles. The molecule has 1 heterocycles. The lowest BCUT2D eigenvalue weighted by molar-refractivity contribution is 0.269. The minimum absolute atomic E-state index is 0.307. The summed E-state index contributed by atoms with van der Waals surface area (Å²) in [5, 5.41) is 0. The summed E-state index contributed by atoms with van der Waals surface area (Å²) in [5.74, 6) is 0.608. The summed E-state index contributed by atoms with van der Waals surface area (Å²) >= 11 is 0. The van der Waals surface area contributed by atoms with E-state index in [4.69, 9.17) is 5.73 Å². The van der Waals surface area contributed by atoms with E-state index in [2.05, 4.69) is 6.92 Å². The predicted octanol–water partition coefficient (Wildman–Crippen LogP) is 1.68. The lowest BCUT2D eigenvalue weighted by Crippen LogP contribution is -2.45. The van der Waals surface area contributed by atoms with Gasteiger partial charge >= 0.3 is 0 Å². The molecule has 1 saturated heterocycles. The fourth-order valence-electron chi connectivity index (χ4n) is 2.41. The number of anilines is 1. The smallest absolute Gasteiger partial charge is 0.282 e. The number of nitrogen functional groups attached to an aromatic ring is 1. The number of nitrogens with two attached hydrogens (primary N) is 1. The average molecular weight is 297 g/mol. The van der Waals surface area contributed by atoms with Crippen LogP contribution in [0.4, 0.5) is 5.69 Å². The Morgan fingerprint density at radius 2 is 1.90 bits per heavy atom. The minimum Gasteiger partial charge on any atom is -0.398 e. The molecule has 0 radical (unpaired) electrons. The van der Waals surface area contributed by atoms with Crippen molar-refractivity contribution in [3.63, 3.8) is 0 Å². The van der Waals surface area contributed by atoms with Gasteiger partial charge in [-0.1, -0.05) is 25.1 Å². The first-order valence-corrected chi connectivity index (χ1v) is 8.35. The van der Waals surface area contributed by atoms with Crippen LogP contribution in [0.2, 0.25) is 0 Å². The van der Waals surface area contributed by atoms with E-state index in [9.17, 15) is 8.42 Å². The van der Waals surface area contributed by atoms with Crippen LogP contribution >= 0.6 is 0 Å². The molecule has 2 rings (SSSR count). The Bertz CT molecular complexity index is 551. The Kier molecular flexibility index (Phi) is 4.67. The van der Waals surface area contributed by atoms with Gasteiger partial charge < -0.3 is 5.73 Å². The highest BCUT2D eigenvalue weighted by molar-refractivity contribution is 7.86. The van der Waals surface area contributed by atoms with Crippen LogP contribution in [0.1, 0.15) is 25.3 Å².